The summed E-state index contributed by atoms with van der Waals surface area (Å²) in [5.74, 6) is 0.478. The molecule has 1 saturated carbocycles. The molecule has 1 rings (SSSR count). The zero-order valence-electron chi connectivity index (χ0n) is 8.34. The summed E-state index contributed by atoms with van der Waals surface area (Å²) in [5.41, 5.74) is -0.361. The summed E-state index contributed by atoms with van der Waals surface area (Å²) >= 11 is 0. The Morgan fingerprint density at radius 2 is 2.08 bits per heavy atom. The molecule has 1 aliphatic rings. The van der Waals surface area contributed by atoms with E-state index in [0.717, 1.165) is 12.8 Å². The van der Waals surface area contributed by atoms with Gasteiger partial charge in [-0.25, -0.2) is 0 Å². The second-order valence-corrected chi connectivity index (χ2v) is 4.17. The van der Waals surface area contributed by atoms with Crippen LogP contribution in [0.5, 0.6) is 0 Å². The first kappa shape index (κ1) is 10.0. The van der Waals surface area contributed by atoms with Crippen LogP contribution >= 0.6 is 0 Å². The topological polar surface area (TPSA) is 29.5 Å². The van der Waals surface area contributed by atoms with Gasteiger partial charge >= 0.3 is 0 Å². The minimum Gasteiger partial charge on any atom is -0.390 e. The molecular weight excluding hydrogens is 152 g/mol. The Morgan fingerprint density at radius 1 is 1.50 bits per heavy atom. The first-order valence-corrected chi connectivity index (χ1v) is 4.90. The van der Waals surface area contributed by atoms with Crippen molar-refractivity contribution in [3.05, 3.63) is 0 Å². The molecular formula is C10H20O2. The van der Waals surface area contributed by atoms with E-state index in [9.17, 15) is 5.11 Å². The van der Waals surface area contributed by atoms with E-state index in [4.69, 9.17) is 4.74 Å². The van der Waals surface area contributed by atoms with Gasteiger partial charge in [0.05, 0.1) is 11.7 Å². The van der Waals surface area contributed by atoms with Gasteiger partial charge in [-0.15, -0.1) is 0 Å². The molecule has 1 atom stereocenters. The van der Waals surface area contributed by atoms with Crippen LogP contribution in [0.1, 0.15) is 40.0 Å². The standard InChI is InChI=1S/C10H20O2/c1-4-12-10(2,3)9(11)8-6-5-7-8/h8-9,11H,4-7H2,1-3H3. The maximum atomic E-state index is 9.90. The molecule has 0 radical (unpaired) electrons. The highest BCUT2D eigenvalue weighted by Gasteiger charge is 2.37. The summed E-state index contributed by atoms with van der Waals surface area (Å²) in [5, 5.41) is 9.90. The molecule has 0 bridgehead atoms. The van der Waals surface area contributed by atoms with E-state index in [1.165, 1.54) is 6.42 Å². The smallest absolute Gasteiger partial charge is 0.0886 e. The van der Waals surface area contributed by atoms with Crippen molar-refractivity contribution in [1.82, 2.24) is 0 Å². The van der Waals surface area contributed by atoms with Crippen LogP contribution in [-0.4, -0.2) is 23.4 Å². The average molecular weight is 172 g/mol. The van der Waals surface area contributed by atoms with Crippen LogP contribution in [0.2, 0.25) is 0 Å². The van der Waals surface area contributed by atoms with E-state index in [1.54, 1.807) is 0 Å². The number of rotatable bonds is 4. The molecule has 2 heteroatoms. The van der Waals surface area contributed by atoms with Crippen molar-refractivity contribution in [1.29, 1.82) is 0 Å². The van der Waals surface area contributed by atoms with Crippen LogP contribution in [-0.2, 0) is 4.74 Å². The Hall–Kier alpha value is -0.0800. The van der Waals surface area contributed by atoms with Crippen molar-refractivity contribution in [2.24, 2.45) is 5.92 Å². The Balaban J connectivity index is 2.41. The maximum Gasteiger partial charge on any atom is 0.0886 e. The molecule has 0 heterocycles. The summed E-state index contributed by atoms with van der Waals surface area (Å²) in [6.45, 7) is 6.59. The molecule has 0 amide bonds. The fraction of sp³-hybridized carbons (Fsp3) is 1.00. The van der Waals surface area contributed by atoms with Gasteiger partial charge < -0.3 is 9.84 Å². The predicted octanol–water partition coefficient (Wildman–Crippen LogP) is 1.96. The van der Waals surface area contributed by atoms with Gasteiger partial charge in [-0.2, -0.15) is 0 Å². The fourth-order valence-corrected chi connectivity index (χ4v) is 1.78. The lowest BCUT2D eigenvalue weighted by molar-refractivity contribution is -0.129. The van der Waals surface area contributed by atoms with Crippen molar-refractivity contribution in [2.75, 3.05) is 6.61 Å². The molecule has 12 heavy (non-hydrogen) atoms. The Morgan fingerprint density at radius 3 is 2.42 bits per heavy atom. The van der Waals surface area contributed by atoms with E-state index in [1.807, 2.05) is 20.8 Å². The third-order valence-corrected chi connectivity index (χ3v) is 2.82. The molecule has 1 aliphatic carbocycles. The molecule has 1 N–H and O–H groups in total. The van der Waals surface area contributed by atoms with Crippen molar-refractivity contribution in [2.45, 2.75) is 51.7 Å². The molecule has 0 saturated heterocycles. The largest absolute Gasteiger partial charge is 0.390 e. The molecule has 2 nitrogen and oxygen atoms in total. The van der Waals surface area contributed by atoms with Crippen molar-refractivity contribution >= 4 is 0 Å². The maximum absolute atomic E-state index is 9.90. The molecule has 1 fully saturated rings. The van der Waals surface area contributed by atoms with Crippen LogP contribution in [0.3, 0.4) is 0 Å². The predicted molar refractivity (Wildman–Crippen MR) is 49.1 cm³/mol. The normalized spacial score (nSPS) is 22.0. The van der Waals surface area contributed by atoms with Gasteiger partial charge in [0.1, 0.15) is 0 Å². The second-order valence-electron chi connectivity index (χ2n) is 4.17. The average Bonchev–Trinajstić information content (AvgIpc) is 1.83. The Bertz CT molecular complexity index is 139. The number of hydrogen-bond donors (Lipinski definition) is 1. The van der Waals surface area contributed by atoms with Gasteiger partial charge in [0, 0.05) is 6.61 Å². The Kier molecular flexibility index (Phi) is 3.13. The monoisotopic (exact) mass is 172 g/mol. The van der Waals surface area contributed by atoms with Crippen LogP contribution in [0.4, 0.5) is 0 Å². The van der Waals surface area contributed by atoms with E-state index < -0.39 is 0 Å². The summed E-state index contributed by atoms with van der Waals surface area (Å²) in [7, 11) is 0. The van der Waals surface area contributed by atoms with Crippen LogP contribution < -0.4 is 0 Å². The zero-order chi connectivity index (χ0) is 9.19. The summed E-state index contributed by atoms with van der Waals surface area (Å²) in [6.07, 6.45) is 3.31. The van der Waals surface area contributed by atoms with Crippen molar-refractivity contribution < 1.29 is 9.84 Å². The van der Waals surface area contributed by atoms with E-state index in [0.29, 0.717) is 12.5 Å². The van der Waals surface area contributed by atoms with E-state index in [2.05, 4.69) is 0 Å². The van der Waals surface area contributed by atoms with Gasteiger partial charge in [-0.05, 0) is 39.5 Å². The third kappa shape index (κ3) is 1.99. The quantitative estimate of drug-likeness (QED) is 0.702. The number of hydrogen-bond acceptors (Lipinski definition) is 2. The van der Waals surface area contributed by atoms with Crippen molar-refractivity contribution in [3.63, 3.8) is 0 Å². The van der Waals surface area contributed by atoms with Crippen LogP contribution in [0, 0.1) is 5.92 Å². The minimum absolute atomic E-state index is 0.286. The second kappa shape index (κ2) is 3.75. The lowest BCUT2D eigenvalue weighted by Crippen LogP contribution is -2.46. The lowest BCUT2D eigenvalue weighted by atomic mass is 9.76. The molecule has 0 aliphatic heterocycles. The molecule has 0 aromatic carbocycles. The fourth-order valence-electron chi connectivity index (χ4n) is 1.78. The number of aliphatic hydroxyl groups excluding tert-OH is 1. The van der Waals surface area contributed by atoms with Gasteiger partial charge in [0.15, 0.2) is 0 Å². The lowest BCUT2D eigenvalue weighted by Gasteiger charge is -2.39. The highest BCUT2D eigenvalue weighted by molar-refractivity contribution is 4.88. The SMILES string of the molecule is CCOC(C)(C)C(O)C1CCC1. The number of aliphatic hydroxyl groups is 1. The molecule has 0 aromatic heterocycles. The highest BCUT2D eigenvalue weighted by Crippen LogP contribution is 2.35. The van der Waals surface area contributed by atoms with Crippen LogP contribution in [0.25, 0.3) is 0 Å². The van der Waals surface area contributed by atoms with Gasteiger partial charge in [0.2, 0.25) is 0 Å². The number of ether oxygens (including phenoxy) is 1. The molecule has 0 aromatic rings. The summed E-state index contributed by atoms with van der Waals surface area (Å²) in [6, 6.07) is 0. The van der Waals surface area contributed by atoms with Crippen LogP contribution in [0.15, 0.2) is 0 Å². The summed E-state index contributed by atoms with van der Waals surface area (Å²) < 4.78 is 5.50. The molecule has 0 spiro atoms. The minimum atomic E-state index is -0.361. The molecule has 72 valence electrons. The zero-order valence-corrected chi connectivity index (χ0v) is 8.34. The van der Waals surface area contributed by atoms with Gasteiger partial charge in [-0.3, -0.25) is 0 Å². The third-order valence-electron chi connectivity index (χ3n) is 2.82. The first-order valence-electron chi connectivity index (χ1n) is 4.90. The van der Waals surface area contributed by atoms with E-state index in [-0.39, 0.29) is 11.7 Å². The van der Waals surface area contributed by atoms with E-state index >= 15 is 0 Å². The molecule has 1 unspecified atom stereocenters. The summed E-state index contributed by atoms with van der Waals surface area (Å²) in [4.78, 5) is 0. The first-order chi connectivity index (χ1) is 5.58. The van der Waals surface area contributed by atoms with Gasteiger partial charge in [-0.1, -0.05) is 6.42 Å². The van der Waals surface area contributed by atoms with Gasteiger partial charge in [0.25, 0.3) is 0 Å². The van der Waals surface area contributed by atoms with Crippen molar-refractivity contribution in [3.8, 4) is 0 Å². The highest BCUT2D eigenvalue weighted by atomic mass is 16.5. The Labute approximate surface area is 74.9 Å².